The van der Waals surface area contributed by atoms with Crippen molar-refractivity contribution in [3.63, 3.8) is 0 Å². The SMILES string of the molecule is C[C@@]12CCC[C@H]1[C@@H]1CC(=C(F)F)C3=CC(=O)CC(O)[C@]3(C)[C@@H]1CC2. The van der Waals surface area contributed by atoms with Gasteiger partial charge in [-0.2, -0.15) is 8.78 Å². The van der Waals surface area contributed by atoms with Crippen LogP contribution in [-0.4, -0.2) is 17.0 Å². The molecule has 4 aliphatic rings. The topological polar surface area (TPSA) is 37.3 Å². The highest BCUT2D eigenvalue weighted by atomic mass is 19.3. The number of allylic oxidation sites excluding steroid dienone is 1. The second kappa shape index (κ2) is 5.23. The number of halogens is 2. The van der Waals surface area contributed by atoms with Crippen molar-refractivity contribution in [2.45, 2.75) is 64.9 Å². The number of aliphatic hydroxyl groups is 1. The van der Waals surface area contributed by atoms with Crippen LogP contribution in [-0.2, 0) is 4.79 Å². The molecule has 0 aromatic heterocycles. The molecule has 3 fully saturated rings. The summed E-state index contributed by atoms with van der Waals surface area (Å²) in [6, 6.07) is 0. The second-order valence-electron chi connectivity index (χ2n) is 8.93. The summed E-state index contributed by atoms with van der Waals surface area (Å²) in [5.41, 5.74) is 0.0297. The first-order valence-corrected chi connectivity index (χ1v) is 9.25. The highest BCUT2D eigenvalue weighted by molar-refractivity contribution is 5.93. The number of hydrogen-bond acceptors (Lipinski definition) is 2. The van der Waals surface area contributed by atoms with Gasteiger partial charge in [-0.05, 0) is 66.9 Å². The summed E-state index contributed by atoms with van der Waals surface area (Å²) in [6.07, 6.45) is 4.89. The van der Waals surface area contributed by atoms with Crippen molar-refractivity contribution < 1.29 is 18.7 Å². The van der Waals surface area contributed by atoms with E-state index in [4.69, 9.17) is 0 Å². The summed E-state index contributed by atoms with van der Waals surface area (Å²) in [4.78, 5) is 11.9. The molecule has 2 nitrogen and oxygen atoms in total. The van der Waals surface area contributed by atoms with Crippen LogP contribution < -0.4 is 0 Å². The molecule has 6 atom stereocenters. The first-order valence-electron chi connectivity index (χ1n) is 9.25. The van der Waals surface area contributed by atoms with Gasteiger partial charge in [0.05, 0.1) is 6.10 Å². The van der Waals surface area contributed by atoms with Crippen molar-refractivity contribution >= 4 is 5.78 Å². The van der Waals surface area contributed by atoms with E-state index in [1.807, 2.05) is 6.92 Å². The van der Waals surface area contributed by atoms with Gasteiger partial charge in [0.1, 0.15) is 0 Å². The molecule has 0 aromatic carbocycles. The van der Waals surface area contributed by atoms with Crippen molar-refractivity contribution in [2.75, 3.05) is 0 Å². The first kappa shape index (κ1) is 16.4. The number of carbonyl (C=O) groups is 1. The third kappa shape index (κ3) is 2.04. The van der Waals surface area contributed by atoms with Gasteiger partial charge in [0.15, 0.2) is 5.78 Å². The van der Waals surface area contributed by atoms with Gasteiger partial charge in [0.25, 0.3) is 6.08 Å². The standard InChI is InChI=1S/C20H26F2O2/c1-19-6-3-4-14(19)12-10-13(18(21)22)16-8-11(23)9-17(24)20(16,2)15(12)5-7-19/h8,12,14-15,17,24H,3-7,9-10H2,1-2H3/t12-,14-,15+,17?,19-,20+/m0/s1. The average molecular weight is 336 g/mol. The van der Waals surface area contributed by atoms with Crippen molar-refractivity contribution in [1.82, 2.24) is 0 Å². The van der Waals surface area contributed by atoms with E-state index in [0.29, 0.717) is 17.9 Å². The molecular weight excluding hydrogens is 310 g/mol. The van der Waals surface area contributed by atoms with Crippen LogP contribution in [0.3, 0.4) is 0 Å². The molecule has 0 bridgehead atoms. The van der Waals surface area contributed by atoms with Crippen LogP contribution >= 0.6 is 0 Å². The first-order chi connectivity index (χ1) is 11.3. The van der Waals surface area contributed by atoms with Gasteiger partial charge in [-0.25, -0.2) is 0 Å². The lowest BCUT2D eigenvalue weighted by Gasteiger charge is -2.58. The van der Waals surface area contributed by atoms with E-state index in [-0.39, 0.29) is 35.0 Å². The van der Waals surface area contributed by atoms with Gasteiger partial charge in [0, 0.05) is 17.4 Å². The molecule has 0 aliphatic heterocycles. The second-order valence-corrected chi connectivity index (χ2v) is 8.93. The maximum Gasteiger partial charge on any atom is 0.273 e. The molecule has 4 aliphatic carbocycles. The van der Waals surface area contributed by atoms with Crippen molar-refractivity contribution in [2.24, 2.45) is 28.6 Å². The third-order valence-corrected chi connectivity index (χ3v) is 7.95. The van der Waals surface area contributed by atoms with E-state index in [1.54, 1.807) is 0 Å². The number of aliphatic hydroxyl groups excluding tert-OH is 1. The summed E-state index contributed by atoms with van der Waals surface area (Å²) in [7, 11) is 0. The zero-order valence-electron chi connectivity index (χ0n) is 14.4. The Bertz CT molecular complexity index is 648. The van der Waals surface area contributed by atoms with Gasteiger partial charge in [0.2, 0.25) is 0 Å². The Morgan fingerprint density at radius 1 is 1.17 bits per heavy atom. The maximum atomic E-state index is 13.8. The zero-order valence-corrected chi connectivity index (χ0v) is 14.4. The molecule has 4 rings (SSSR count). The summed E-state index contributed by atoms with van der Waals surface area (Å²) >= 11 is 0. The molecule has 3 saturated carbocycles. The number of carbonyl (C=O) groups excluding carboxylic acids is 1. The van der Waals surface area contributed by atoms with Crippen molar-refractivity contribution in [3.8, 4) is 0 Å². The van der Waals surface area contributed by atoms with Crippen LogP contribution in [0.5, 0.6) is 0 Å². The van der Waals surface area contributed by atoms with Gasteiger partial charge >= 0.3 is 0 Å². The largest absolute Gasteiger partial charge is 0.392 e. The monoisotopic (exact) mass is 336 g/mol. The quantitative estimate of drug-likeness (QED) is 0.700. The summed E-state index contributed by atoms with van der Waals surface area (Å²) in [6.45, 7) is 4.25. The Morgan fingerprint density at radius 3 is 2.62 bits per heavy atom. The van der Waals surface area contributed by atoms with Crippen LogP contribution in [0.25, 0.3) is 0 Å². The van der Waals surface area contributed by atoms with Crippen LogP contribution in [0.1, 0.15) is 58.8 Å². The molecule has 132 valence electrons. The molecule has 24 heavy (non-hydrogen) atoms. The van der Waals surface area contributed by atoms with E-state index in [9.17, 15) is 18.7 Å². The van der Waals surface area contributed by atoms with Gasteiger partial charge in [-0.3, -0.25) is 4.79 Å². The Labute approximate surface area is 142 Å². The number of fused-ring (bicyclic) bond motifs is 5. The Morgan fingerprint density at radius 2 is 1.92 bits per heavy atom. The smallest absolute Gasteiger partial charge is 0.273 e. The van der Waals surface area contributed by atoms with Crippen LogP contribution in [0, 0.1) is 28.6 Å². The van der Waals surface area contributed by atoms with Gasteiger partial charge < -0.3 is 5.11 Å². The minimum atomic E-state index is -1.67. The fourth-order valence-electron chi connectivity index (χ4n) is 6.65. The Hall–Kier alpha value is -1.03. The predicted octanol–water partition coefficient (Wildman–Crippen LogP) is 4.64. The molecule has 0 amide bonds. The van der Waals surface area contributed by atoms with Crippen LogP contribution in [0.15, 0.2) is 23.3 Å². The Kier molecular flexibility index (Phi) is 3.58. The number of hydrogen-bond donors (Lipinski definition) is 1. The lowest BCUT2D eigenvalue weighted by Crippen LogP contribution is -2.55. The van der Waals surface area contributed by atoms with E-state index in [1.165, 1.54) is 18.9 Å². The molecule has 4 heteroatoms. The summed E-state index contributed by atoms with van der Waals surface area (Å²) < 4.78 is 27.5. The zero-order chi connectivity index (χ0) is 17.3. The number of ketones is 1. The lowest BCUT2D eigenvalue weighted by atomic mass is 9.46. The fourth-order valence-corrected chi connectivity index (χ4v) is 6.65. The molecule has 0 saturated heterocycles. The van der Waals surface area contributed by atoms with Crippen molar-refractivity contribution in [1.29, 1.82) is 0 Å². The molecule has 1 N–H and O–H groups in total. The van der Waals surface area contributed by atoms with E-state index in [0.717, 1.165) is 19.3 Å². The van der Waals surface area contributed by atoms with Gasteiger partial charge in [-0.1, -0.05) is 20.3 Å². The van der Waals surface area contributed by atoms with Crippen LogP contribution in [0.4, 0.5) is 8.78 Å². The summed E-state index contributed by atoms with van der Waals surface area (Å²) in [5, 5.41) is 10.7. The van der Waals surface area contributed by atoms with Gasteiger partial charge in [-0.15, -0.1) is 0 Å². The highest BCUT2D eigenvalue weighted by Crippen LogP contribution is 2.66. The Balaban J connectivity index is 1.85. The van der Waals surface area contributed by atoms with Crippen molar-refractivity contribution in [3.05, 3.63) is 23.3 Å². The number of rotatable bonds is 0. The van der Waals surface area contributed by atoms with Crippen LogP contribution in [0.2, 0.25) is 0 Å². The summed E-state index contributed by atoms with van der Waals surface area (Å²) in [5.74, 6) is 0.640. The highest BCUT2D eigenvalue weighted by Gasteiger charge is 2.60. The fraction of sp³-hybridized carbons (Fsp3) is 0.750. The maximum absolute atomic E-state index is 13.8. The molecule has 0 aromatic rings. The van der Waals surface area contributed by atoms with E-state index < -0.39 is 17.6 Å². The minimum Gasteiger partial charge on any atom is -0.392 e. The normalized spacial score (nSPS) is 47.6. The minimum absolute atomic E-state index is 0.0435. The molecule has 0 radical (unpaired) electrons. The molecule has 0 heterocycles. The predicted molar refractivity (Wildman–Crippen MR) is 87.3 cm³/mol. The molecular formula is C20H26F2O2. The lowest BCUT2D eigenvalue weighted by molar-refractivity contribution is -0.124. The van der Waals surface area contributed by atoms with E-state index in [2.05, 4.69) is 6.92 Å². The van der Waals surface area contributed by atoms with E-state index >= 15 is 0 Å². The average Bonchev–Trinajstić information content (AvgIpc) is 2.90. The third-order valence-electron chi connectivity index (χ3n) is 7.95. The molecule has 1 unspecified atom stereocenters. The molecule has 0 spiro atoms.